The van der Waals surface area contributed by atoms with Gasteiger partial charge in [0.25, 0.3) is 0 Å². The molecule has 1 amide bonds. The third-order valence-electron chi connectivity index (χ3n) is 5.28. The Bertz CT molecular complexity index is 1100. The first-order valence-corrected chi connectivity index (χ1v) is 11.1. The van der Waals surface area contributed by atoms with Crippen LogP contribution in [0.25, 0.3) is 0 Å². The summed E-state index contributed by atoms with van der Waals surface area (Å²) >= 11 is 0. The molecular formula is C24H30IN7O2. The summed E-state index contributed by atoms with van der Waals surface area (Å²) in [5.41, 5.74) is 2.74. The number of aliphatic imine (C=N–C) groups is 1. The minimum Gasteiger partial charge on any atom is -0.487 e. The van der Waals surface area contributed by atoms with Crippen molar-refractivity contribution in [2.75, 3.05) is 31.1 Å². The number of aromatic nitrogens is 3. The van der Waals surface area contributed by atoms with Crippen LogP contribution in [0.3, 0.4) is 0 Å². The van der Waals surface area contributed by atoms with Gasteiger partial charge in [-0.2, -0.15) is 5.10 Å². The number of aryl methyl sites for hydroxylation is 1. The quantitative estimate of drug-likeness (QED) is 0.265. The van der Waals surface area contributed by atoms with Crippen LogP contribution in [0.1, 0.15) is 18.2 Å². The Balaban J connectivity index is 0.00000324. The summed E-state index contributed by atoms with van der Waals surface area (Å²) in [4.78, 5) is 25.6. The first-order valence-electron chi connectivity index (χ1n) is 11.1. The minimum absolute atomic E-state index is 0. The number of hydrogen-bond acceptors (Lipinski definition) is 5. The van der Waals surface area contributed by atoms with Crippen LogP contribution in [0.15, 0.2) is 66.0 Å². The molecule has 1 N–H and O–H groups in total. The van der Waals surface area contributed by atoms with Crippen LogP contribution in [0.5, 0.6) is 5.75 Å². The maximum atomic E-state index is 12.8. The van der Waals surface area contributed by atoms with Gasteiger partial charge in [0.15, 0.2) is 5.96 Å². The molecule has 1 aromatic carbocycles. The lowest BCUT2D eigenvalue weighted by atomic mass is 10.2. The summed E-state index contributed by atoms with van der Waals surface area (Å²) < 4.78 is 7.58. The van der Waals surface area contributed by atoms with Gasteiger partial charge in [0, 0.05) is 39.1 Å². The van der Waals surface area contributed by atoms with Gasteiger partial charge in [-0.25, -0.2) is 4.99 Å². The average molecular weight is 575 g/mol. The molecule has 34 heavy (non-hydrogen) atoms. The Hall–Kier alpha value is -3.15. The predicted octanol–water partition coefficient (Wildman–Crippen LogP) is 2.83. The van der Waals surface area contributed by atoms with Crippen molar-refractivity contribution in [3.8, 4) is 5.75 Å². The molecule has 0 atom stereocenters. The van der Waals surface area contributed by atoms with E-state index in [-0.39, 0.29) is 36.4 Å². The van der Waals surface area contributed by atoms with Crippen LogP contribution in [-0.2, 0) is 25.0 Å². The van der Waals surface area contributed by atoms with E-state index in [4.69, 9.17) is 9.73 Å². The van der Waals surface area contributed by atoms with Gasteiger partial charge in [0.05, 0.1) is 24.1 Å². The number of nitrogens with one attached hydrogen (secondary N) is 1. The molecular weight excluding hydrogens is 545 g/mol. The molecule has 0 unspecified atom stereocenters. The summed E-state index contributed by atoms with van der Waals surface area (Å²) in [5.74, 6) is 1.54. The molecule has 1 saturated heterocycles. The zero-order valence-corrected chi connectivity index (χ0v) is 21.8. The van der Waals surface area contributed by atoms with Crippen LogP contribution in [0.4, 0.5) is 5.69 Å². The summed E-state index contributed by atoms with van der Waals surface area (Å²) in [6, 6.07) is 13.7. The van der Waals surface area contributed by atoms with Crippen molar-refractivity contribution in [1.82, 2.24) is 25.0 Å². The fourth-order valence-electron chi connectivity index (χ4n) is 3.64. The normalized spacial score (nSPS) is 14.1. The monoisotopic (exact) mass is 575 g/mol. The number of hydrogen-bond donors (Lipinski definition) is 1. The molecule has 1 aliphatic heterocycles. The van der Waals surface area contributed by atoms with Crippen molar-refractivity contribution < 1.29 is 9.53 Å². The highest BCUT2D eigenvalue weighted by molar-refractivity contribution is 14.0. The molecule has 0 spiro atoms. The molecule has 3 aromatic rings. The molecule has 9 nitrogen and oxygen atoms in total. The van der Waals surface area contributed by atoms with Gasteiger partial charge < -0.3 is 19.9 Å². The van der Waals surface area contributed by atoms with E-state index in [1.54, 1.807) is 22.0 Å². The van der Waals surface area contributed by atoms with Crippen molar-refractivity contribution in [2.45, 2.75) is 20.1 Å². The molecule has 0 aliphatic carbocycles. The Labute approximate surface area is 216 Å². The number of pyridine rings is 1. The lowest BCUT2D eigenvalue weighted by Crippen LogP contribution is -2.55. The molecule has 0 bridgehead atoms. The standard InChI is InChI=1S/C24H29N7O2.HI/c1-3-25-24(30-11-12-31(23(32)17-30)21-15-28-29(2)16-21)27-14-19-7-6-9-22(13-19)33-18-20-8-4-5-10-26-20;/h4-10,13,15-16H,3,11-12,14,17-18H2,1-2H3,(H,25,27);1H. The SMILES string of the molecule is CCNC(=NCc1cccc(OCc2ccccn2)c1)N1CCN(c2cnn(C)c2)C(=O)C1.I. The van der Waals surface area contributed by atoms with Crippen LogP contribution >= 0.6 is 24.0 Å². The number of benzene rings is 1. The third kappa shape index (κ3) is 6.69. The first-order chi connectivity index (χ1) is 16.1. The van der Waals surface area contributed by atoms with Gasteiger partial charge in [-0.1, -0.05) is 18.2 Å². The lowest BCUT2D eigenvalue weighted by Gasteiger charge is -2.35. The van der Waals surface area contributed by atoms with Gasteiger partial charge in [0.1, 0.15) is 18.9 Å². The highest BCUT2D eigenvalue weighted by Crippen LogP contribution is 2.18. The second-order valence-electron chi connectivity index (χ2n) is 7.77. The largest absolute Gasteiger partial charge is 0.487 e. The van der Waals surface area contributed by atoms with E-state index in [0.29, 0.717) is 26.2 Å². The fourth-order valence-corrected chi connectivity index (χ4v) is 3.64. The summed E-state index contributed by atoms with van der Waals surface area (Å²) in [6.45, 7) is 5.21. The third-order valence-corrected chi connectivity index (χ3v) is 5.28. The van der Waals surface area contributed by atoms with Crippen LogP contribution in [0, 0.1) is 0 Å². The minimum atomic E-state index is 0. The van der Waals surface area contributed by atoms with E-state index < -0.39 is 0 Å². The van der Waals surface area contributed by atoms with Crippen molar-refractivity contribution in [1.29, 1.82) is 0 Å². The number of piperazine rings is 1. The Morgan fingerprint density at radius 3 is 2.79 bits per heavy atom. The number of ether oxygens (including phenoxy) is 1. The molecule has 3 heterocycles. The van der Waals surface area contributed by atoms with Gasteiger partial charge in [-0.3, -0.25) is 14.5 Å². The molecule has 10 heteroatoms. The molecule has 4 rings (SSSR count). The average Bonchev–Trinajstić information content (AvgIpc) is 3.27. The number of amides is 1. The number of carbonyl (C=O) groups excluding carboxylic acids is 1. The van der Waals surface area contributed by atoms with Crippen molar-refractivity contribution in [3.05, 3.63) is 72.3 Å². The maximum absolute atomic E-state index is 12.8. The van der Waals surface area contributed by atoms with E-state index in [0.717, 1.165) is 35.2 Å². The van der Waals surface area contributed by atoms with E-state index in [1.807, 2.05) is 67.5 Å². The second kappa shape index (κ2) is 12.4. The fraction of sp³-hybridized carbons (Fsp3) is 0.333. The molecule has 180 valence electrons. The summed E-state index contributed by atoms with van der Waals surface area (Å²) in [5, 5.41) is 7.48. The summed E-state index contributed by atoms with van der Waals surface area (Å²) in [6.07, 6.45) is 5.33. The van der Waals surface area contributed by atoms with Crippen LogP contribution in [0.2, 0.25) is 0 Å². The molecule has 0 saturated carbocycles. The van der Waals surface area contributed by atoms with E-state index in [2.05, 4.69) is 15.4 Å². The zero-order chi connectivity index (χ0) is 23.0. The lowest BCUT2D eigenvalue weighted by molar-refractivity contribution is -0.120. The maximum Gasteiger partial charge on any atom is 0.246 e. The number of guanidine groups is 1. The molecule has 0 radical (unpaired) electrons. The Morgan fingerprint density at radius 2 is 2.09 bits per heavy atom. The number of halogens is 1. The smallest absolute Gasteiger partial charge is 0.246 e. The molecule has 1 aliphatic rings. The summed E-state index contributed by atoms with van der Waals surface area (Å²) in [7, 11) is 1.85. The zero-order valence-electron chi connectivity index (χ0n) is 19.4. The van der Waals surface area contributed by atoms with E-state index in [9.17, 15) is 4.79 Å². The number of carbonyl (C=O) groups is 1. The predicted molar refractivity (Wildman–Crippen MR) is 142 cm³/mol. The van der Waals surface area contributed by atoms with Gasteiger partial charge in [0.2, 0.25) is 5.91 Å². The number of nitrogens with zero attached hydrogens (tertiary/aromatic N) is 6. The van der Waals surface area contributed by atoms with Gasteiger partial charge in [-0.15, -0.1) is 24.0 Å². The Kier molecular flexibility index (Phi) is 9.25. The van der Waals surface area contributed by atoms with E-state index in [1.165, 1.54) is 0 Å². The molecule has 2 aromatic heterocycles. The number of anilines is 1. The van der Waals surface area contributed by atoms with Crippen molar-refractivity contribution in [3.63, 3.8) is 0 Å². The van der Waals surface area contributed by atoms with Crippen molar-refractivity contribution in [2.24, 2.45) is 12.0 Å². The van der Waals surface area contributed by atoms with Crippen LogP contribution in [-0.4, -0.2) is 57.7 Å². The topological polar surface area (TPSA) is 87.9 Å². The highest BCUT2D eigenvalue weighted by Gasteiger charge is 2.27. The van der Waals surface area contributed by atoms with Crippen LogP contribution < -0.4 is 15.0 Å². The van der Waals surface area contributed by atoms with Gasteiger partial charge in [-0.05, 0) is 36.8 Å². The van der Waals surface area contributed by atoms with Gasteiger partial charge >= 0.3 is 0 Å². The molecule has 1 fully saturated rings. The van der Waals surface area contributed by atoms with Crippen molar-refractivity contribution >= 4 is 41.5 Å². The first kappa shape index (κ1) is 25.5. The second-order valence-corrected chi connectivity index (χ2v) is 7.77. The highest BCUT2D eigenvalue weighted by atomic mass is 127. The Morgan fingerprint density at radius 1 is 1.21 bits per heavy atom. The number of rotatable bonds is 7. The van der Waals surface area contributed by atoms with E-state index >= 15 is 0 Å².